The molecule has 0 fully saturated rings. The highest BCUT2D eigenvalue weighted by Crippen LogP contribution is 2.25. The van der Waals surface area contributed by atoms with Crippen LogP contribution in [0.5, 0.6) is 0 Å². The quantitative estimate of drug-likeness (QED) is 0.383. The molecule has 1 amide bonds. The van der Waals surface area contributed by atoms with E-state index in [0.29, 0.717) is 5.82 Å². The first-order valence-corrected chi connectivity index (χ1v) is 10.8. The first-order valence-electron chi connectivity index (χ1n) is 10.0. The van der Waals surface area contributed by atoms with Crippen molar-refractivity contribution in [3.05, 3.63) is 93.2 Å². The smallest absolute Gasteiger partial charge is 0.295 e. The van der Waals surface area contributed by atoms with E-state index in [1.165, 1.54) is 11.1 Å². The van der Waals surface area contributed by atoms with Crippen molar-refractivity contribution in [3.63, 3.8) is 0 Å². The molecule has 4 aromatic rings. The minimum atomic E-state index is -0.342. The lowest BCUT2D eigenvalue weighted by Crippen LogP contribution is -2.14. The number of hydrogen-bond acceptors (Lipinski definition) is 3. The second-order valence-electron chi connectivity index (χ2n) is 7.72. The first kappa shape index (κ1) is 21.0. The van der Waals surface area contributed by atoms with Gasteiger partial charge in [0.1, 0.15) is 0 Å². The van der Waals surface area contributed by atoms with Crippen LogP contribution in [0, 0.1) is 27.7 Å². The molecule has 31 heavy (non-hydrogen) atoms. The van der Waals surface area contributed by atoms with Crippen LogP contribution in [0.25, 0.3) is 17.1 Å². The predicted molar refractivity (Wildman–Crippen MR) is 128 cm³/mol. The second kappa shape index (κ2) is 8.47. The SMILES string of the molecule is Cc1ccc(-n2nc(C(=O)Nc3ccc(C)c(C)c3)nc2-c2ccc(Br)cc2)c(C)c1. The number of nitrogens with zero attached hydrogens (tertiary/aromatic N) is 3. The third-order valence-electron chi connectivity index (χ3n) is 5.26. The van der Waals surface area contributed by atoms with Gasteiger partial charge in [0, 0.05) is 15.7 Å². The van der Waals surface area contributed by atoms with Gasteiger partial charge in [0.2, 0.25) is 5.82 Å². The lowest BCUT2D eigenvalue weighted by molar-refractivity contribution is 0.101. The first-order chi connectivity index (χ1) is 14.8. The van der Waals surface area contributed by atoms with Crippen LogP contribution in [0.3, 0.4) is 0 Å². The average Bonchev–Trinajstić information content (AvgIpc) is 3.16. The van der Waals surface area contributed by atoms with Gasteiger partial charge in [0.15, 0.2) is 5.82 Å². The number of carbonyl (C=O) groups is 1. The number of hydrogen-bond donors (Lipinski definition) is 1. The number of nitrogens with one attached hydrogen (secondary N) is 1. The Labute approximate surface area is 190 Å². The molecule has 1 aromatic heterocycles. The molecule has 1 heterocycles. The van der Waals surface area contributed by atoms with Crippen LogP contribution >= 0.6 is 15.9 Å². The fourth-order valence-electron chi connectivity index (χ4n) is 3.41. The largest absolute Gasteiger partial charge is 0.319 e. The zero-order valence-corrected chi connectivity index (χ0v) is 19.5. The molecule has 4 rings (SSSR count). The van der Waals surface area contributed by atoms with Crippen molar-refractivity contribution in [1.29, 1.82) is 0 Å². The summed E-state index contributed by atoms with van der Waals surface area (Å²) in [7, 11) is 0. The van der Waals surface area contributed by atoms with Crippen molar-refractivity contribution in [3.8, 4) is 17.1 Å². The molecule has 0 aliphatic carbocycles. The van der Waals surface area contributed by atoms with E-state index >= 15 is 0 Å². The van der Waals surface area contributed by atoms with Crippen molar-refractivity contribution in [2.45, 2.75) is 27.7 Å². The zero-order chi connectivity index (χ0) is 22.1. The van der Waals surface area contributed by atoms with Gasteiger partial charge in [-0.1, -0.05) is 51.8 Å². The minimum Gasteiger partial charge on any atom is -0.319 e. The highest BCUT2D eigenvalue weighted by Gasteiger charge is 2.20. The van der Waals surface area contributed by atoms with Crippen LogP contribution < -0.4 is 5.32 Å². The lowest BCUT2D eigenvalue weighted by Gasteiger charge is -2.10. The predicted octanol–water partition coefficient (Wildman–Crippen LogP) is 6.18. The van der Waals surface area contributed by atoms with Crippen LogP contribution in [0.1, 0.15) is 32.9 Å². The van der Waals surface area contributed by atoms with E-state index in [2.05, 4.69) is 44.3 Å². The molecule has 1 N–H and O–H groups in total. The van der Waals surface area contributed by atoms with E-state index in [1.54, 1.807) is 4.68 Å². The van der Waals surface area contributed by atoms with Gasteiger partial charge in [-0.3, -0.25) is 4.79 Å². The van der Waals surface area contributed by atoms with E-state index in [0.717, 1.165) is 32.5 Å². The molecule has 0 bridgehead atoms. The third kappa shape index (κ3) is 4.44. The maximum atomic E-state index is 13.0. The standard InChI is InChI=1S/C25H23BrN4O/c1-15-5-12-22(18(4)13-15)30-24(19-7-9-20(26)10-8-19)28-23(29-30)25(31)27-21-11-6-16(2)17(3)14-21/h5-14H,1-4H3,(H,27,31). The molecule has 0 spiro atoms. The van der Waals surface area contributed by atoms with Crippen LogP contribution in [-0.2, 0) is 0 Å². The Kier molecular flexibility index (Phi) is 5.74. The van der Waals surface area contributed by atoms with Crippen LogP contribution in [0.2, 0.25) is 0 Å². The Morgan fingerprint density at radius 3 is 2.29 bits per heavy atom. The monoisotopic (exact) mass is 474 g/mol. The maximum absolute atomic E-state index is 13.0. The number of aromatic nitrogens is 3. The molecule has 0 saturated carbocycles. The van der Waals surface area contributed by atoms with Gasteiger partial charge in [0.05, 0.1) is 5.69 Å². The second-order valence-corrected chi connectivity index (χ2v) is 8.64. The van der Waals surface area contributed by atoms with Crippen molar-refractivity contribution in [1.82, 2.24) is 14.8 Å². The Hall–Kier alpha value is -3.25. The number of aryl methyl sites for hydroxylation is 4. The molecule has 0 saturated heterocycles. The average molecular weight is 475 g/mol. The number of benzene rings is 3. The van der Waals surface area contributed by atoms with Gasteiger partial charge in [-0.25, -0.2) is 9.67 Å². The summed E-state index contributed by atoms with van der Waals surface area (Å²) in [5.41, 5.74) is 7.00. The molecule has 0 aliphatic rings. The van der Waals surface area contributed by atoms with Crippen LogP contribution in [-0.4, -0.2) is 20.7 Å². The summed E-state index contributed by atoms with van der Waals surface area (Å²) >= 11 is 3.47. The number of amides is 1. The lowest BCUT2D eigenvalue weighted by atomic mass is 10.1. The highest BCUT2D eigenvalue weighted by atomic mass is 79.9. The van der Waals surface area contributed by atoms with E-state index < -0.39 is 0 Å². The summed E-state index contributed by atoms with van der Waals surface area (Å²) in [6.07, 6.45) is 0. The highest BCUT2D eigenvalue weighted by molar-refractivity contribution is 9.10. The van der Waals surface area contributed by atoms with E-state index in [-0.39, 0.29) is 11.7 Å². The fraction of sp³-hybridized carbons (Fsp3) is 0.160. The molecular weight excluding hydrogens is 452 g/mol. The summed E-state index contributed by atoms with van der Waals surface area (Å²) in [6, 6.07) is 19.8. The molecule has 0 atom stereocenters. The van der Waals surface area contributed by atoms with Gasteiger partial charge in [-0.05, 0) is 74.7 Å². The molecule has 156 valence electrons. The Balaban J connectivity index is 1.77. The molecule has 0 unspecified atom stereocenters. The van der Waals surface area contributed by atoms with Crippen molar-refractivity contribution >= 4 is 27.5 Å². The van der Waals surface area contributed by atoms with E-state index in [9.17, 15) is 4.79 Å². The summed E-state index contributed by atoms with van der Waals surface area (Å²) in [6.45, 7) is 8.14. The molecule has 0 radical (unpaired) electrons. The summed E-state index contributed by atoms with van der Waals surface area (Å²) in [5.74, 6) is 0.394. The van der Waals surface area contributed by atoms with E-state index in [4.69, 9.17) is 0 Å². The number of carbonyl (C=O) groups excluding carboxylic acids is 1. The molecular formula is C25H23BrN4O. The Bertz CT molecular complexity index is 1280. The van der Waals surface area contributed by atoms with Crippen LogP contribution in [0.15, 0.2) is 65.1 Å². The van der Waals surface area contributed by atoms with Gasteiger partial charge in [0.25, 0.3) is 5.91 Å². The molecule has 3 aromatic carbocycles. The summed E-state index contributed by atoms with van der Waals surface area (Å²) in [5, 5.41) is 7.51. The van der Waals surface area contributed by atoms with Crippen molar-refractivity contribution in [2.75, 3.05) is 5.32 Å². The molecule has 0 aliphatic heterocycles. The van der Waals surface area contributed by atoms with Crippen molar-refractivity contribution in [2.24, 2.45) is 0 Å². The number of anilines is 1. The molecule has 6 heteroatoms. The summed E-state index contributed by atoms with van der Waals surface area (Å²) in [4.78, 5) is 17.6. The molecule has 5 nitrogen and oxygen atoms in total. The Morgan fingerprint density at radius 2 is 1.61 bits per heavy atom. The van der Waals surface area contributed by atoms with E-state index in [1.807, 2.05) is 75.4 Å². The van der Waals surface area contributed by atoms with Gasteiger partial charge in [-0.15, -0.1) is 5.10 Å². The maximum Gasteiger partial charge on any atom is 0.295 e. The van der Waals surface area contributed by atoms with Gasteiger partial charge in [-0.2, -0.15) is 0 Å². The van der Waals surface area contributed by atoms with Crippen molar-refractivity contribution < 1.29 is 4.79 Å². The number of rotatable bonds is 4. The third-order valence-corrected chi connectivity index (χ3v) is 5.79. The van der Waals surface area contributed by atoms with Gasteiger partial charge >= 0.3 is 0 Å². The van der Waals surface area contributed by atoms with Crippen LogP contribution in [0.4, 0.5) is 5.69 Å². The Morgan fingerprint density at radius 1 is 0.871 bits per heavy atom. The topological polar surface area (TPSA) is 59.8 Å². The summed E-state index contributed by atoms with van der Waals surface area (Å²) < 4.78 is 2.72. The fourth-order valence-corrected chi connectivity index (χ4v) is 3.68. The normalized spacial score (nSPS) is 10.9. The zero-order valence-electron chi connectivity index (χ0n) is 17.9. The minimum absolute atomic E-state index is 0.121. The van der Waals surface area contributed by atoms with Gasteiger partial charge < -0.3 is 5.32 Å². The number of halogens is 1.